The molecule has 0 heterocycles. The van der Waals surface area contributed by atoms with Gasteiger partial charge in [-0.1, -0.05) is 58.7 Å². The van der Waals surface area contributed by atoms with Gasteiger partial charge in [0, 0.05) is 14.5 Å². The summed E-state index contributed by atoms with van der Waals surface area (Å²) in [6.07, 6.45) is 0. The van der Waals surface area contributed by atoms with Crippen molar-refractivity contribution < 1.29 is 4.43 Å². The standard InChI is InChI=1S/C13H20Br2OSi/c1-13(2,3)17(4,5)16-9-10-11(14)7-6-8-12(10)15/h6-8H,9H2,1-5H3. The lowest BCUT2D eigenvalue weighted by Crippen LogP contribution is -2.40. The molecule has 17 heavy (non-hydrogen) atoms. The minimum Gasteiger partial charge on any atom is -0.412 e. The number of halogens is 2. The van der Waals surface area contributed by atoms with Crippen LogP contribution in [0, 0.1) is 0 Å². The maximum atomic E-state index is 6.22. The highest BCUT2D eigenvalue weighted by atomic mass is 79.9. The molecule has 0 aromatic heterocycles. The average molecular weight is 380 g/mol. The number of benzene rings is 1. The summed E-state index contributed by atoms with van der Waals surface area (Å²) < 4.78 is 8.43. The van der Waals surface area contributed by atoms with E-state index in [1.165, 1.54) is 5.56 Å². The summed E-state index contributed by atoms with van der Waals surface area (Å²) in [5, 5.41) is 0.251. The van der Waals surface area contributed by atoms with E-state index in [2.05, 4.69) is 77.9 Å². The lowest BCUT2D eigenvalue weighted by molar-refractivity contribution is 0.275. The van der Waals surface area contributed by atoms with E-state index >= 15 is 0 Å². The Hall–Kier alpha value is 0.357. The van der Waals surface area contributed by atoms with Crippen molar-refractivity contribution in [1.29, 1.82) is 0 Å². The molecule has 1 aromatic rings. The molecule has 0 spiro atoms. The number of hydrogen-bond donors (Lipinski definition) is 0. The first-order valence-corrected chi connectivity index (χ1v) is 10.2. The smallest absolute Gasteiger partial charge is 0.192 e. The average Bonchev–Trinajstić information content (AvgIpc) is 2.15. The second-order valence-electron chi connectivity index (χ2n) is 5.75. The normalized spacial score (nSPS) is 12.9. The van der Waals surface area contributed by atoms with Crippen molar-refractivity contribution in [2.45, 2.75) is 45.5 Å². The predicted octanol–water partition coefficient (Wildman–Crippen LogP) is 5.73. The highest BCUT2D eigenvalue weighted by Crippen LogP contribution is 2.38. The van der Waals surface area contributed by atoms with Crippen LogP contribution in [-0.2, 0) is 11.0 Å². The summed E-state index contributed by atoms with van der Waals surface area (Å²) in [6, 6.07) is 6.12. The quantitative estimate of drug-likeness (QED) is 0.609. The zero-order valence-corrected chi connectivity index (χ0v) is 15.3. The first-order chi connectivity index (χ1) is 7.65. The largest absolute Gasteiger partial charge is 0.412 e. The molecule has 0 saturated heterocycles. The van der Waals surface area contributed by atoms with Gasteiger partial charge in [-0.05, 0) is 30.3 Å². The summed E-state index contributed by atoms with van der Waals surface area (Å²) in [5.41, 5.74) is 1.19. The zero-order chi connectivity index (χ0) is 13.3. The Balaban J connectivity index is 2.81. The molecule has 1 aromatic carbocycles. The van der Waals surface area contributed by atoms with E-state index in [4.69, 9.17) is 4.43 Å². The number of hydrogen-bond acceptors (Lipinski definition) is 1. The van der Waals surface area contributed by atoms with E-state index in [0.29, 0.717) is 6.61 Å². The maximum absolute atomic E-state index is 6.22. The lowest BCUT2D eigenvalue weighted by Gasteiger charge is -2.36. The monoisotopic (exact) mass is 378 g/mol. The molecule has 0 amide bonds. The van der Waals surface area contributed by atoms with E-state index in [-0.39, 0.29) is 5.04 Å². The molecule has 1 rings (SSSR count). The molecule has 0 bridgehead atoms. The van der Waals surface area contributed by atoms with Gasteiger partial charge in [-0.15, -0.1) is 0 Å². The molecular weight excluding hydrogens is 360 g/mol. The van der Waals surface area contributed by atoms with E-state index in [0.717, 1.165) is 8.95 Å². The molecule has 0 aliphatic heterocycles. The summed E-state index contributed by atoms with van der Waals surface area (Å²) >= 11 is 7.14. The molecule has 0 radical (unpaired) electrons. The Kier molecular flexibility index (Phi) is 5.03. The van der Waals surface area contributed by atoms with Gasteiger partial charge in [-0.2, -0.15) is 0 Å². The number of rotatable bonds is 3. The topological polar surface area (TPSA) is 9.23 Å². The van der Waals surface area contributed by atoms with Crippen molar-refractivity contribution in [1.82, 2.24) is 0 Å². The van der Waals surface area contributed by atoms with Gasteiger partial charge in [0.05, 0.1) is 6.61 Å². The van der Waals surface area contributed by atoms with Crippen LogP contribution < -0.4 is 0 Å². The van der Waals surface area contributed by atoms with Crippen LogP contribution in [0.1, 0.15) is 26.3 Å². The van der Waals surface area contributed by atoms with Crippen LogP contribution in [-0.4, -0.2) is 8.32 Å². The van der Waals surface area contributed by atoms with Gasteiger partial charge in [0.15, 0.2) is 8.32 Å². The predicted molar refractivity (Wildman–Crippen MR) is 83.8 cm³/mol. The molecule has 0 aliphatic rings. The SMILES string of the molecule is CC(C)(C)[Si](C)(C)OCc1c(Br)cccc1Br. The molecule has 0 fully saturated rings. The minimum absolute atomic E-state index is 0.251. The first-order valence-electron chi connectivity index (χ1n) is 5.72. The minimum atomic E-state index is -1.68. The molecular formula is C13H20Br2OSi. The fourth-order valence-electron chi connectivity index (χ4n) is 1.14. The van der Waals surface area contributed by atoms with Crippen LogP contribution >= 0.6 is 31.9 Å². The zero-order valence-electron chi connectivity index (χ0n) is 11.1. The third-order valence-corrected chi connectivity index (χ3v) is 9.41. The van der Waals surface area contributed by atoms with Crippen molar-refractivity contribution in [3.05, 3.63) is 32.7 Å². The Morgan fingerprint density at radius 1 is 1.12 bits per heavy atom. The van der Waals surface area contributed by atoms with E-state index in [9.17, 15) is 0 Å². The van der Waals surface area contributed by atoms with Crippen LogP contribution in [0.5, 0.6) is 0 Å². The van der Waals surface area contributed by atoms with Crippen molar-refractivity contribution >= 4 is 40.2 Å². The summed E-state index contributed by atoms with van der Waals surface area (Å²) in [7, 11) is -1.68. The lowest BCUT2D eigenvalue weighted by atomic mass is 10.2. The maximum Gasteiger partial charge on any atom is 0.192 e. The van der Waals surface area contributed by atoms with Crippen LogP contribution in [0.2, 0.25) is 18.1 Å². The second kappa shape index (κ2) is 5.55. The highest BCUT2D eigenvalue weighted by Gasteiger charge is 2.37. The van der Waals surface area contributed by atoms with Gasteiger partial charge in [0.2, 0.25) is 0 Å². The van der Waals surface area contributed by atoms with Crippen molar-refractivity contribution in [2.75, 3.05) is 0 Å². The van der Waals surface area contributed by atoms with Gasteiger partial charge >= 0.3 is 0 Å². The Labute approximate surface area is 122 Å². The third kappa shape index (κ3) is 3.91. The van der Waals surface area contributed by atoms with Gasteiger partial charge in [0.1, 0.15) is 0 Å². The summed E-state index contributed by atoms with van der Waals surface area (Å²) in [5.74, 6) is 0. The van der Waals surface area contributed by atoms with Gasteiger partial charge < -0.3 is 4.43 Å². The van der Waals surface area contributed by atoms with Gasteiger partial charge in [-0.3, -0.25) is 0 Å². The summed E-state index contributed by atoms with van der Waals surface area (Å²) in [6.45, 7) is 12.0. The van der Waals surface area contributed by atoms with Crippen LogP contribution in [0.3, 0.4) is 0 Å². The third-order valence-electron chi connectivity index (χ3n) is 3.45. The van der Waals surface area contributed by atoms with Gasteiger partial charge in [-0.25, -0.2) is 0 Å². The van der Waals surface area contributed by atoms with Gasteiger partial charge in [0.25, 0.3) is 0 Å². The van der Waals surface area contributed by atoms with E-state index < -0.39 is 8.32 Å². The fraction of sp³-hybridized carbons (Fsp3) is 0.538. The molecule has 4 heteroatoms. The van der Waals surface area contributed by atoms with Crippen LogP contribution in [0.4, 0.5) is 0 Å². The van der Waals surface area contributed by atoms with Crippen molar-refractivity contribution in [3.63, 3.8) is 0 Å². The van der Waals surface area contributed by atoms with E-state index in [1.807, 2.05) is 6.07 Å². The molecule has 96 valence electrons. The molecule has 0 saturated carbocycles. The van der Waals surface area contributed by atoms with Crippen LogP contribution in [0.15, 0.2) is 27.1 Å². The molecule has 0 N–H and O–H groups in total. The molecule has 1 nitrogen and oxygen atoms in total. The molecule has 0 aliphatic carbocycles. The summed E-state index contributed by atoms with van der Waals surface area (Å²) in [4.78, 5) is 0. The fourth-order valence-corrected chi connectivity index (χ4v) is 3.30. The van der Waals surface area contributed by atoms with Crippen molar-refractivity contribution in [2.24, 2.45) is 0 Å². The Morgan fingerprint density at radius 3 is 2.00 bits per heavy atom. The molecule has 0 unspecified atom stereocenters. The Morgan fingerprint density at radius 2 is 1.59 bits per heavy atom. The van der Waals surface area contributed by atoms with E-state index in [1.54, 1.807) is 0 Å². The second-order valence-corrected chi connectivity index (χ2v) is 12.3. The molecule has 0 atom stereocenters. The van der Waals surface area contributed by atoms with Crippen molar-refractivity contribution in [3.8, 4) is 0 Å². The highest BCUT2D eigenvalue weighted by molar-refractivity contribution is 9.11. The van der Waals surface area contributed by atoms with Crippen LogP contribution in [0.25, 0.3) is 0 Å². The Bertz CT molecular complexity index is 377. The first kappa shape index (κ1) is 15.4.